The van der Waals surface area contributed by atoms with Gasteiger partial charge in [0.05, 0.1) is 17.7 Å². The highest BCUT2D eigenvalue weighted by atomic mass is 32.1. The maximum absolute atomic E-state index is 6.16. The molecule has 0 aliphatic heterocycles. The molecule has 2 N–H and O–H groups in total. The van der Waals surface area contributed by atoms with Crippen LogP contribution in [0.5, 0.6) is 5.75 Å². The Morgan fingerprint density at radius 1 is 1.25 bits per heavy atom. The third-order valence-corrected chi connectivity index (χ3v) is 4.24. The number of methoxy groups -OCH3 is 1. The standard InChI is InChI=1S/C15H12N6O2S/c1-22-10-5-2-4-9(8-10)21-13(16)12(18-20-21)15-17-14(19-23-15)11-6-3-7-24-11/h2-8H,16H2,1H3. The Labute approximate surface area is 140 Å². The van der Waals surface area contributed by atoms with E-state index in [-0.39, 0.29) is 5.89 Å². The van der Waals surface area contributed by atoms with E-state index in [9.17, 15) is 0 Å². The summed E-state index contributed by atoms with van der Waals surface area (Å²) in [5, 5.41) is 14.0. The number of nitrogens with zero attached hydrogens (tertiary/aromatic N) is 5. The molecule has 24 heavy (non-hydrogen) atoms. The van der Waals surface area contributed by atoms with Gasteiger partial charge < -0.3 is 15.0 Å². The number of aromatic nitrogens is 5. The van der Waals surface area contributed by atoms with Crippen LogP contribution < -0.4 is 10.5 Å². The second kappa shape index (κ2) is 5.78. The van der Waals surface area contributed by atoms with Crippen LogP contribution in [0.3, 0.4) is 0 Å². The van der Waals surface area contributed by atoms with Gasteiger partial charge in [0.1, 0.15) is 5.75 Å². The topological polar surface area (TPSA) is 105 Å². The Bertz CT molecular complexity index is 976. The molecule has 0 bridgehead atoms. The number of benzene rings is 1. The third-order valence-electron chi connectivity index (χ3n) is 3.37. The van der Waals surface area contributed by atoms with Gasteiger partial charge in [0, 0.05) is 6.07 Å². The van der Waals surface area contributed by atoms with Gasteiger partial charge in [-0.25, -0.2) is 0 Å². The molecule has 0 atom stereocenters. The van der Waals surface area contributed by atoms with Crippen molar-refractivity contribution in [3.8, 4) is 33.7 Å². The highest BCUT2D eigenvalue weighted by molar-refractivity contribution is 7.13. The van der Waals surface area contributed by atoms with Gasteiger partial charge in [-0.15, -0.1) is 16.4 Å². The number of nitrogen functional groups attached to an aromatic ring is 1. The van der Waals surface area contributed by atoms with Gasteiger partial charge in [-0.1, -0.05) is 22.5 Å². The normalized spacial score (nSPS) is 10.9. The molecule has 4 aromatic rings. The SMILES string of the molecule is COc1cccc(-n2nnc(-c3nc(-c4cccs4)no3)c2N)c1. The fraction of sp³-hybridized carbons (Fsp3) is 0.0667. The van der Waals surface area contributed by atoms with E-state index in [4.69, 9.17) is 15.0 Å². The van der Waals surface area contributed by atoms with Crippen LogP contribution >= 0.6 is 11.3 Å². The number of nitrogens with two attached hydrogens (primary N) is 1. The highest BCUT2D eigenvalue weighted by Crippen LogP contribution is 2.28. The molecule has 0 unspecified atom stereocenters. The summed E-state index contributed by atoms with van der Waals surface area (Å²) < 4.78 is 12.0. The molecule has 8 nitrogen and oxygen atoms in total. The smallest absolute Gasteiger partial charge is 0.282 e. The van der Waals surface area contributed by atoms with Crippen molar-refractivity contribution in [2.75, 3.05) is 12.8 Å². The molecular weight excluding hydrogens is 328 g/mol. The van der Waals surface area contributed by atoms with E-state index in [2.05, 4.69) is 20.5 Å². The summed E-state index contributed by atoms with van der Waals surface area (Å²) in [6, 6.07) is 11.2. The monoisotopic (exact) mass is 340 g/mol. The number of hydrogen-bond acceptors (Lipinski definition) is 8. The fourth-order valence-electron chi connectivity index (χ4n) is 2.20. The summed E-state index contributed by atoms with van der Waals surface area (Å²) in [6.45, 7) is 0. The Morgan fingerprint density at radius 3 is 2.96 bits per heavy atom. The van der Waals surface area contributed by atoms with Gasteiger partial charge in [-0.05, 0) is 23.6 Å². The molecule has 0 radical (unpaired) electrons. The van der Waals surface area contributed by atoms with E-state index >= 15 is 0 Å². The van der Waals surface area contributed by atoms with Gasteiger partial charge >= 0.3 is 0 Å². The van der Waals surface area contributed by atoms with E-state index in [0.717, 1.165) is 10.6 Å². The minimum atomic E-state index is 0.227. The Kier molecular flexibility index (Phi) is 3.47. The first-order valence-electron chi connectivity index (χ1n) is 7.00. The average molecular weight is 340 g/mol. The lowest BCUT2D eigenvalue weighted by atomic mass is 10.3. The van der Waals surface area contributed by atoms with Crippen molar-refractivity contribution in [2.24, 2.45) is 0 Å². The maximum Gasteiger partial charge on any atom is 0.282 e. The molecule has 0 saturated heterocycles. The minimum Gasteiger partial charge on any atom is -0.497 e. The first-order valence-corrected chi connectivity index (χ1v) is 7.88. The quantitative estimate of drug-likeness (QED) is 0.609. The minimum absolute atomic E-state index is 0.227. The van der Waals surface area contributed by atoms with Crippen LogP contribution in [0, 0.1) is 0 Å². The van der Waals surface area contributed by atoms with E-state index in [1.165, 1.54) is 16.0 Å². The van der Waals surface area contributed by atoms with Crippen LogP contribution in [-0.4, -0.2) is 32.2 Å². The summed E-state index contributed by atoms with van der Waals surface area (Å²) in [6.07, 6.45) is 0. The summed E-state index contributed by atoms with van der Waals surface area (Å²) in [7, 11) is 1.60. The van der Waals surface area contributed by atoms with Crippen LogP contribution in [0.1, 0.15) is 0 Å². The van der Waals surface area contributed by atoms with Gasteiger partial charge in [-0.2, -0.15) is 9.67 Å². The van der Waals surface area contributed by atoms with Crippen molar-refractivity contribution in [2.45, 2.75) is 0 Å². The van der Waals surface area contributed by atoms with E-state index in [0.29, 0.717) is 23.1 Å². The molecule has 3 aromatic heterocycles. The first kappa shape index (κ1) is 14.4. The largest absolute Gasteiger partial charge is 0.497 e. The summed E-state index contributed by atoms with van der Waals surface area (Å²) >= 11 is 1.52. The predicted octanol–water partition coefficient (Wildman–Crippen LogP) is 2.64. The van der Waals surface area contributed by atoms with Crippen LogP contribution in [0.15, 0.2) is 46.3 Å². The van der Waals surface area contributed by atoms with Gasteiger partial charge in [0.25, 0.3) is 5.89 Å². The summed E-state index contributed by atoms with van der Waals surface area (Å²) in [5.41, 5.74) is 7.23. The van der Waals surface area contributed by atoms with Crippen LogP contribution in [0.4, 0.5) is 5.82 Å². The molecule has 0 saturated carbocycles. The van der Waals surface area contributed by atoms with Crippen molar-refractivity contribution >= 4 is 17.2 Å². The Hall–Kier alpha value is -3.20. The zero-order valence-corrected chi connectivity index (χ0v) is 13.4. The third kappa shape index (κ3) is 2.40. The van der Waals surface area contributed by atoms with Crippen LogP contribution in [-0.2, 0) is 0 Å². The average Bonchev–Trinajstić information content (AvgIpc) is 3.34. The van der Waals surface area contributed by atoms with Gasteiger partial charge in [0.2, 0.25) is 5.82 Å². The van der Waals surface area contributed by atoms with Crippen molar-refractivity contribution in [1.82, 2.24) is 25.1 Å². The van der Waals surface area contributed by atoms with Crippen molar-refractivity contribution < 1.29 is 9.26 Å². The van der Waals surface area contributed by atoms with E-state index in [1.807, 2.05) is 35.7 Å². The molecule has 0 amide bonds. The second-order valence-electron chi connectivity index (χ2n) is 4.84. The fourth-order valence-corrected chi connectivity index (χ4v) is 2.85. The molecule has 0 spiro atoms. The van der Waals surface area contributed by atoms with Crippen molar-refractivity contribution in [1.29, 1.82) is 0 Å². The number of ether oxygens (including phenoxy) is 1. The molecule has 0 fully saturated rings. The lowest BCUT2D eigenvalue weighted by Crippen LogP contribution is -2.02. The second-order valence-corrected chi connectivity index (χ2v) is 5.78. The van der Waals surface area contributed by atoms with Crippen LogP contribution in [0.25, 0.3) is 28.0 Å². The van der Waals surface area contributed by atoms with Gasteiger partial charge in [-0.3, -0.25) is 0 Å². The molecule has 1 aromatic carbocycles. The Balaban J connectivity index is 1.72. The number of hydrogen-bond donors (Lipinski definition) is 1. The molecule has 3 heterocycles. The zero-order valence-electron chi connectivity index (χ0n) is 12.6. The maximum atomic E-state index is 6.16. The molecular formula is C15H12N6O2S. The Morgan fingerprint density at radius 2 is 2.17 bits per heavy atom. The molecule has 9 heteroatoms. The van der Waals surface area contributed by atoms with Gasteiger partial charge in [0.15, 0.2) is 11.5 Å². The van der Waals surface area contributed by atoms with Crippen molar-refractivity contribution in [3.05, 3.63) is 41.8 Å². The predicted molar refractivity (Wildman–Crippen MR) is 88.9 cm³/mol. The zero-order chi connectivity index (χ0) is 16.5. The number of thiophene rings is 1. The molecule has 0 aliphatic rings. The van der Waals surface area contributed by atoms with E-state index in [1.54, 1.807) is 13.2 Å². The first-order chi connectivity index (χ1) is 11.8. The van der Waals surface area contributed by atoms with Crippen LogP contribution in [0.2, 0.25) is 0 Å². The summed E-state index contributed by atoms with van der Waals surface area (Å²) in [4.78, 5) is 5.24. The van der Waals surface area contributed by atoms with E-state index < -0.39 is 0 Å². The van der Waals surface area contributed by atoms with Crippen molar-refractivity contribution in [3.63, 3.8) is 0 Å². The number of anilines is 1. The molecule has 4 rings (SSSR count). The lowest BCUT2D eigenvalue weighted by Gasteiger charge is -2.05. The molecule has 120 valence electrons. The lowest BCUT2D eigenvalue weighted by molar-refractivity contribution is 0.414. The summed E-state index contributed by atoms with van der Waals surface area (Å²) in [5.74, 6) is 1.73. The highest BCUT2D eigenvalue weighted by Gasteiger charge is 2.20. The number of rotatable bonds is 4. The molecule has 0 aliphatic carbocycles.